The van der Waals surface area contributed by atoms with E-state index in [1.54, 1.807) is 12.1 Å². The molecule has 2 aliphatic rings. The SMILES string of the molecule is COC(=O)C(C)C(=O)Nc1ccc(C2=NNC(=O)C3CC23)cc1. The molecule has 1 aliphatic carbocycles. The molecule has 7 nitrogen and oxygen atoms in total. The quantitative estimate of drug-likeness (QED) is 0.637. The van der Waals surface area contributed by atoms with Crippen LogP contribution in [0, 0.1) is 17.8 Å². The Morgan fingerprint density at radius 2 is 2.00 bits per heavy atom. The molecule has 1 saturated carbocycles. The van der Waals surface area contributed by atoms with Crippen LogP contribution in [0.5, 0.6) is 0 Å². The zero-order valence-corrected chi connectivity index (χ0v) is 12.8. The number of esters is 1. The van der Waals surface area contributed by atoms with Gasteiger partial charge in [0.25, 0.3) is 0 Å². The van der Waals surface area contributed by atoms with Crippen LogP contribution in [0.2, 0.25) is 0 Å². The molecule has 3 rings (SSSR count). The molecule has 2 N–H and O–H groups in total. The minimum absolute atomic E-state index is 0.0144. The third-order valence-corrected chi connectivity index (χ3v) is 4.16. The number of nitrogens with zero attached hydrogens (tertiary/aromatic N) is 1. The predicted molar refractivity (Wildman–Crippen MR) is 82.5 cm³/mol. The van der Waals surface area contributed by atoms with E-state index in [1.165, 1.54) is 14.0 Å². The predicted octanol–water partition coefficient (Wildman–Crippen LogP) is 0.904. The van der Waals surface area contributed by atoms with Gasteiger partial charge in [0.15, 0.2) is 0 Å². The fourth-order valence-electron chi connectivity index (χ4n) is 2.61. The molecule has 3 unspecified atom stereocenters. The van der Waals surface area contributed by atoms with Crippen molar-refractivity contribution >= 4 is 29.2 Å². The van der Waals surface area contributed by atoms with Crippen molar-refractivity contribution < 1.29 is 19.1 Å². The lowest BCUT2D eigenvalue weighted by atomic mass is 10.0. The number of methoxy groups -OCH3 is 1. The standard InChI is InChI=1S/C16H17N3O4/c1-8(16(22)23-2)14(20)17-10-5-3-9(4-6-10)13-11-7-12(11)15(21)19-18-13/h3-6,8,11-12H,7H2,1-2H3,(H,17,20)(H,19,21). The minimum atomic E-state index is -0.871. The van der Waals surface area contributed by atoms with Gasteiger partial charge in [0, 0.05) is 17.5 Å². The Hall–Kier alpha value is -2.70. The van der Waals surface area contributed by atoms with Crippen LogP contribution in [0.25, 0.3) is 0 Å². The minimum Gasteiger partial charge on any atom is -0.468 e. The monoisotopic (exact) mass is 315 g/mol. The summed E-state index contributed by atoms with van der Waals surface area (Å²) in [6.45, 7) is 1.49. The Labute approximate surface area is 133 Å². The molecule has 0 saturated heterocycles. The number of benzene rings is 1. The van der Waals surface area contributed by atoms with Gasteiger partial charge in [0.1, 0.15) is 5.92 Å². The first-order valence-corrected chi connectivity index (χ1v) is 7.38. The van der Waals surface area contributed by atoms with Crippen molar-refractivity contribution in [1.29, 1.82) is 0 Å². The smallest absolute Gasteiger partial charge is 0.317 e. The number of carbonyl (C=O) groups is 3. The summed E-state index contributed by atoms with van der Waals surface area (Å²) in [4.78, 5) is 34.7. The highest BCUT2D eigenvalue weighted by Gasteiger charge is 2.49. The van der Waals surface area contributed by atoms with Gasteiger partial charge in [-0.25, -0.2) is 5.43 Å². The normalized spacial score (nSPS) is 23.0. The lowest BCUT2D eigenvalue weighted by molar-refractivity contribution is -0.147. The van der Waals surface area contributed by atoms with E-state index in [-0.39, 0.29) is 17.7 Å². The number of amides is 2. The van der Waals surface area contributed by atoms with Crippen LogP contribution >= 0.6 is 0 Å². The van der Waals surface area contributed by atoms with Crippen molar-refractivity contribution in [3.8, 4) is 0 Å². The highest BCUT2D eigenvalue weighted by Crippen LogP contribution is 2.43. The number of hydrogen-bond acceptors (Lipinski definition) is 5. The maximum atomic E-state index is 11.9. The van der Waals surface area contributed by atoms with E-state index in [2.05, 4.69) is 20.6 Å². The summed E-state index contributed by atoms with van der Waals surface area (Å²) >= 11 is 0. The molecule has 0 bridgehead atoms. The molecular weight excluding hydrogens is 298 g/mol. The Kier molecular flexibility index (Phi) is 3.85. The van der Waals surface area contributed by atoms with E-state index in [0.29, 0.717) is 5.69 Å². The number of ether oxygens (including phenoxy) is 1. The number of carbonyl (C=O) groups excluding carboxylic acids is 3. The lowest BCUT2D eigenvalue weighted by Crippen LogP contribution is -2.29. The largest absolute Gasteiger partial charge is 0.468 e. The van der Waals surface area contributed by atoms with Crippen LogP contribution in [0.3, 0.4) is 0 Å². The van der Waals surface area contributed by atoms with Crippen LogP contribution in [-0.2, 0) is 19.1 Å². The van der Waals surface area contributed by atoms with Crippen molar-refractivity contribution in [3.63, 3.8) is 0 Å². The van der Waals surface area contributed by atoms with Crippen molar-refractivity contribution in [2.75, 3.05) is 12.4 Å². The van der Waals surface area contributed by atoms with E-state index >= 15 is 0 Å². The number of rotatable bonds is 4. The summed E-state index contributed by atoms with van der Waals surface area (Å²) in [6, 6.07) is 7.16. The van der Waals surface area contributed by atoms with Gasteiger partial charge < -0.3 is 10.1 Å². The van der Waals surface area contributed by atoms with Crippen molar-refractivity contribution in [1.82, 2.24) is 5.43 Å². The molecular formula is C16H17N3O4. The summed E-state index contributed by atoms with van der Waals surface area (Å²) < 4.78 is 4.54. The maximum Gasteiger partial charge on any atom is 0.317 e. The summed E-state index contributed by atoms with van der Waals surface area (Å²) in [5, 5.41) is 6.79. The summed E-state index contributed by atoms with van der Waals surface area (Å²) in [6.07, 6.45) is 0.833. The van der Waals surface area contributed by atoms with E-state index in [0.717, 1.165) is 17.7 Å². The third-order valence-electron chi connectivity index (χ3n) is 4.16. The van der Waals surface area contributed by atoms with Crippen LogP contribution < -0.4 is 10.7 Å². The van der Waals surface area contributed by atoms with E-state index in [9.17, 15) is 14.4 Å². The molecule has 1 heterocycles. The van der Waals surface area contributed by atoms with Gasteiger partial charge >= 0.3 is 5.97 Å². The summed E-state index contributed by atoms with van der Waals surface area (Å²) in [5.41, 5.74) is 4.90. The van der Waals surface area contributed by atoms with Crippen LogP contribution in [0.15, 0.2) is 29.4 Å². The fourth-order valence-corrected chi connectivity index (χ4v) is 2.61. The van der Waals surface area contributed by atoms with Gasteiger partial charge in [-0.15, -0.1) is 0 Å². The second-order valence-corrected chi connectivity index (χ2v) is 5.73. The first kappa shape index (κ1) is 15.2. The van der Waals surface area contributed by atoms with Gasteiger partial charge in [-0.05, 0) is 31.0 Å². The van der Waals surface area contributed by atoms with E-state index < -0.39 is 17.8 Å². The number of hydrogen-bond donors (Lipinski definition) is 2. The maximum absolute atomic E-state index is 11.9. The Morgan fingerprint density at radius 3 is 2.65 bits per heavy atom. The number of fused-ring (bicyclic) bond motifs is 1. The molecule has 1 fully saturated rings. The first-order chi connectivity index (χ1) is 11.0. The molecule has 23 heavy (non-hydrogen) atoms. The molecule has 0 radical (unpaired) electrons. The summed E-state index contributed by atoms with van der Waals surface area (Å²) in [5.74, 6) is -1.64. The zero-order valence-electron chi connectivity index (χ0n) is 12.8. The molecule has 120 valence electrons. The van der Waals surface area contributed by atoms with Gasteiger partial charge in [0.2, 0.25) is 11.8 Å². The first-order valence-electron chi connectivity index (χ1n) is 7.38. The second-order valence-electron chi connectivity index (χ2n) is 5.73. The Morgan fingerprint density at radius 1 is 1.30 bits per heavy atom. The number of nitrogens with one attached hydrogen (secondary N) is 2. The van der Waals surface area contributed by atoms with Gasteiger partial charge in [-0.3, -0.25) is 14.4 Å². The molecule has 0 aromatic heterocycles. The fraction of sp³-hybridized carbons (Fsp3) is 0.375. The van der Waals surface area contributed by atoms with Crippen molar-refractivity contribution in [2.24, 2.45) is 22.9 Å². The van der Waals surface area contributed by atoms with Crippen molar-refractivity contribution in [3.05, 3.63) is 29.8 Å². The van der Waals surface area contributed by atoms with Crippen LogP contribution in [0.1, 0.15) is 18.9 Å². The molecule has 0 spiro atoms. The molecule has 7 heteroatoms. The average molecular weight is 315 g/mol. The van der Waals surface area contributed by atoms with Gasteiger partial charge in [-0.1, -0.05) is 12.1 Å². The molecule has 3 atom stereocenters. The molecule has 2 amide bonds. The van der Waals surface area contributed by atoms with Gasteiger partial charge in [-0.2, -0.15) is 5.10 Å². The summed E-state index contributed by atoms with van der Waals surface area (Å²) in [7, 11) is 1.25. The molecule has 1 aromatic rings. The Balaban J connectivity index is 1.67. The number of hydrazone groups is 1. The number of anilines is 1. The van der Waals surface area contributed by atoms with Gasteiger partial charge in [0.05, 0.1) is 12.8 Å². The Bertz CT molecular complexity index is 696. The second kappa shape index (κ2) is 5.83. The highest BCUT2D eigenvalue weighted by atomic mass is 16.5. The average Bonchev–Trinajstić information content (AvgIpc) is 3.36. The molecule has 1 aliphatic heterocycles. The van der Waals surface area contributed by atoms with E-state index in [4.69, 9.17) is 0 Å². The van der Waals surface area contributed by atoms with Crippen LogP contribution in [0.4, 0.5) is 5.69 Å². The molecule has 1 aromatic carbocycles. The zero-order chi connectivity index (χ0) is 16.6. The topological polar surface area (TPSA) is 96.9 Å². The lowest BCUT2D eigenvalue weighted by Gasteiger charge is -2.13. The van der Waals surface area contributed by atoms with Crippen molar-refractivity contribution in [2.45, 2.75) is 13.3 Å². The van der Waals surface area contributed by atoms with E-state index in [1.807, 2.05) is 12.1 Å². The third kappa shape index (κ3) is 2.94. The highest BCUT2D eigenvalue weighted by molar-refractivity contribution is 6.10. The van der Waals surface area contributed by atoms with Crippen LogP contribution in [-0.4, -0.2) is 30.6 Å².